The third-order valence-corrected chi connectivity index (χ3v) is 1.70. The molecule has 62 valence electrons. The number of nitrogens with zero attached hydrogens (tertiary/aromatic N) is 1. The van der Waals surface area contributed by atoms with Gasteiger partial charge in [0.25, 0.3) is 0 Å². The maximum atomic E-state index is 12.6. The van der Waals surface area contributed by atoms with E-state index in [1.807, 2.05) is 6.07 Å². The molecule has 0 aliphatic rings. The van der Waals surface area contributed by atoms with Crippen molar-refractivity contribution in [1.29, 1.82) is 5.26 Å². The number of nitriles is 1. The summed E-state index contributed by atoms with van der Waals surface area (Å²) in [6.07, 6.45) is 0.385. The molecule has 0 heterocycles. The fraction of sp³-hybridized carbons (Fsp3) is 0.222. The molecule has 0 aliphatic carbocycles. The fourth-order valence-corrected chi connectivity index (χ4v) is 1.09. The van der Waals surface area contributed by atoms with Crippen LogP contribution in [0.5, 0.6) is 0 Å². The maximum absolute atomic E-state index is 12.6. The zero-order valence-electron chi connectivity index (χ0n) is 6.30. The van der Waals surface area contributed by atoms with Crippen molar-refractivity contribution in [2.45, 2.75) is 11.8 Å². The van der Waals surface area contributed by atoms with Crippen LogP contribution >= 0.6 is 11.6 Å². The van der Waals surface area contributed by atoms with Gasteiger partial charge in [-0.2, -0.15) is 5.26 Å². The molecule has 0 N–H and O–H groups in total. The van der Waals surface area contributed by atoms with Crippen LogP contribution in [0.1, 0.15) is 5.56 Å². The quantitative estimate of drug-likeness (QED) is 0.647. The van der Waals surface area contributed by atoms with Crippen LogP contribution in [-0.4, -0.2) is 5.38 Å². The van der Waals surface area contributed by atoms with Crippen molar-refractivity contribution >= 4 is 11.6 Å². The topological polar surface area (TPSA) is 23.8 Å². The average Bonchev–Trinajstić information content (AvgIpc) is 2.04. The molecular weight excluding hydrogens is 177 g/mol. The van der Waals surface area contributed by atoms with Crippen LogP contribution in [0.15, 0.2) is 24.3 Å². The molecule has 1 unspecified atom stereocenters. The van der Waals surface area contributed by atoms with Gasteiger partial charge >= 0.3 is 0 Å². The molecule has 1 rings (SSSR count). The first-order chi connectivity index (χ1) is 5.72. The Bertz CT molecular complexity index is 306. The molecule has 1 nitrogen and oxygen atoms in total. The molecule has 1 aromatic rings. The van der Waals surface area contributed by atoms with E-state index >= 15 is 0 Å². The molecule has 0 saturated heterocycles. The highest BCUT2D eigenvalue weighted by atomic mass is 35.5. The summed E-state index contributed by atoms with van der Waals surface area (Å²) < 4.78 is 12.6. The molecule has 3 heteroatoms. The summed E-state index contributed by atoms with van der Waals surface area (Å²) in [4.78, 5) is 0. The van der Waals surface area contributed by atoms with Gasteiger partial charge in [0.15, 0.2) is 0 Å². The highest BCUT2D eigenvalue weighted by molar-refractivity contribution is 6.22. The smallest absolute Gasteiger partial charge is 0.124 e. The van der Waals surface area contributed by atoms with Gasteiger partial charge in [-0.05, 0) is 17.7 Å². The third kappa shape index (κ3) is 2.52. The summed E-state index contributed by atoms with van der Waals surface area (Å²) in [6.45, 7) is 0. The third-order valence-electron chi connectivity index (χ3n) is 1.44. The van der Waals surface area contributed by atoms with Crippen LogP contribution in [0.4, 0.5) is 4.39 Å². The summed E-state index contributed by atoms with van der Waals surface area (Å²) >= 11 is 5.57. The van der Waals surface area contributed by atoms with Gasteiger partial charge in [0, 0.05) is 6.42 Å². The van der Waals surface area contributed by atoms with E-state index in [0.29, 0.717) is 6.42 Å². The number of hydrogen-bond acceptors (Lipinski definition) is 1. The van der Waals surface area contributed by atoms with Crippen molar-refractivity contribution in [2.24, 2.45) is 0 Å². The molecule has 0 bridgehead atoms. The second-order valence-electron chi connectivity index (χ2n) is 2.43. The van der Waals surface area contributed by atoms with Crippen LogP contribution in [-0.2, 0) is 6.42 Å². The van der Waals surface area contributed by atoms with Crippen molar-refractivity contribution in [1.82, 2.24) is 0 Å². The largest absolute Gasteiger partial charge is 0.207 e. The summed E-state index contributed by atoms with van der Waals surface area (Å²) in [6, 6.07) is 7.97. The van der Waals surface area contributed by atoms with Crippen LogP contribution in [0.2, 0.25) is 0 Å². The number of halogens is 2. The maximum Gasteiger partial charge on any atom is 0.124 e. The zero-order valence-corrected chi connectivity index (χ0v) is 7.05. The minimum atomic E-state index is -0.577. The number of alkyl halides is 1. The van der Waals surface area contributed by atoms with E-state index in [9.17, 15) is 4.39 Å². The van der Waals surface area contributed by atoms with Gasteiger partial charge in [-0.1, -0.05) is 12.1 Å². The summed E-state index contributed by atoms with van der Waals surface area (Å²) in [5, 5.41) is 7.81. The van der Waals surface area contributed by atoms with E-state index in [2.05, 4.69) is 0 Å². The van der Waals surface area contributed by atoms with E-state index in [1.54, 1.807) is 12.1 Å². The Hall–Kier alpha value is -1.07. The van der Waals surface area contributed by atoms with Gasteiger partial charge in [0.2, 0.25) is 0 Å². The zero-order chi connectivity index (χ0) is 8.97. The Morgan fingerprint density at radius 1 is 1.58 bits per heavy atom. The van der Waals surface area contributed by atoms with Crippen LogP contribution in [0.3, 0.4) is 0 Å². The van der Waals surface area contributed by atoms with E-state index < -0.39 is 5.38 Å². The molecule has 1 aromatic carbocycles. The van der Waals surface area contributed by atoms with Gasteiger partial charge in [-0.3, -0.25) is 0 Å². The minimum absolute atomic E-state index is 0.297. The lowest BCUT2D eigenvalue weighted by Gasteiger charge is -2.00. The lowest BCUT2D eigenvalue weighted by atomic mass is 10.1. The predicted molar refractivity (Wildman–Crippen MR) is 45.4 cm³/mol. The molecule has 0 radical (unpaired) electrons. The molecule has 0 fully saturated rings. The Morgan fingerprint density at radius 2 is 2.33 bits per heavy atom. The van der Waals surface area contributed by atoms with E-state index in [-0.39, 0.29) is 5.82 Å². The van der Waals surface area contributed by atoms with E-state index in [1.165, 1.54) is 12.1 Å². The average molecular weight is 184 g/mol. The molecule has 0 saturated carbocycles. The number of benzene rings is 1. The summed E-state index contributed by atoms with van der Waals surface area (Å²) in [5.41, 5.74) is 0.747. The Morgan fingerprint density at radius 3 is 2.92 bits per heavy atom. The molecule has 0 aromatic heterocycles. The van der Waals surface area contributed by atoms with Crippen molar-refractivity contribution < 1.29 is 4.39 Å². The van der Waals surface area contributed by atoms with Crippen molar-refractivity contribution in [3.05, 3.63) is 35.6 Å². The van der Waals surface area contributed by atoms with Gasteiger partial charge < -0.3 is 0 Å². The molecule has 0 spiro atoms. The first-order valence-corrected chi connectivity index (χ1v) is 3.94. The van der Waals surface area contributed by atoms with Gasteiger partial charge in [-0.25, -0.2) is 4.39 Å². The Balaban J connectivity index is 2.71. The molecule has 0 amide bonds. The Kier molecular flexibility index (Phi) is 3.07. The molecule has 1 atom stereocenters. The minimum Gasteiger partial charge on any atom is -0.207 e. The van der Waals surface area contributed by atoms with Crippen LogP contribution in [0.25, 0.3) is 0 Å². The van der Waals surface area contributed by atoms with E-state index in [4.69, 9.17) is 16.9 Å². The highest BCUT2D eigenvalue weighted by Crippen LogP contribution is 2.08. The SMILES string of the molecule is N#CC(Cl)Cc1cccc(F)c1. The normalized spacial score (nSPS) is 12.1. The van der Waals surface area contributed by atoms with Crippen LogP contribution in [0, 0.1) is 17.1 Å². The lowest BCUT2D eigenvalue weighted by molar-refractivity contribution is 0.625. The van der Waals surface area contributed by atoms with Crippen molar-refractivity contribution in [3.63, 3.8) is 0 Å². The second-order valence-corrected chi connectivity index (χ2v) is 2.96. The van der Waals surface area contributed by atoms with Gasteiger partial charge in [-0.15, -0.1) is 11.6 Å². The molecule has 12 heavy (non-hydrogen) atoms. The van der Waals surface area contributed by atoms with Crippen molar-refractivity contribution in [3.8, 4) is 6.07 Å². The molecular formula is C9H7ClFN. The Labute approximate surface area is 75.4 Å². The lowest BCUT2D eigenvalue weighted by Crippen LogP contribution is -1.99. The first-order valence-electron chi connectivity index (χ1n) is 3.50. The van der Waals surface area contributed by atoms with E-state index in [0.717, 1.165) is 5.56 Å². The van der Waals surface area contributed by atoms with Gasteiger partial charge in [0.1, 0.15) is 11.2 Å². The summed E-state index contributed by atoms with van der Waals surface area (Å²) in [7, 11) is 0. The first kappa shape index (κ1) is 9.02. The molecule has 0 aliphatic heterocycles. The second kappa shape index (κ2) is 4.08. The number of rotatable bonds is 2. The highest BCUT2D eigenvalue weighted by Gasteiger charge is 2.03. The van der Waals surface area contributed by atoms with Crippen molar-refractivity contribution in [2.75, 3.05) is 0 Å². The monoisotopic (exact) mass is 183 g/mol. The predicted octanol–water partition coefficient (Wildman–Crippen LogP) is 2.50. The van der Waals surface area contributed by atoms with Crippen LogP contribution < -0.4 is 0 Å². The fourth-order valence-electron chi connectivity index (χ4n) is 0.917. The summed E-state index contributed by atoms with van der Waals surface area (Å²) in [5.74, 6) is -0.297. The van der Waals surface area contributed by atoms with Gasteiger partial charge in [0.05, 0.1) is 6.07 Å². The standard InChI is InChI=1S/C9H7ClFN/c10-8(6-12)4-7-2-1-3-9(11)5-7/h1-3,5,8H,4H2. The number of hydrogen-bond donors (Lipinski definition) is 0.